The van der Waals surface area contributed by atoms with Gasteiger partial charge in [-0.25, -0.2) is 9.59 Å². The van der Waals surface area contributed by atoms with Crippen molar-refractivity contribution in [3.63, 3.8) is 0 Å². The van der Waals surface area contributed by atoms with Gasteiger partial charge < -0.3 is 20.1 Å². The molecular weight excluding hydrogens is 312 g/mol. The minimum Gasteiger partial charge on any atom is -0.478 e. The molecule has 0 aliphatic heterocycles. The van der Waals surface area contributed by atoms with Crippen LogP contribution in [0.2, 0.25) is 0 Å². The standard InChI is InChI=1S/C14H20O4.C4H6O2/c1-8(12(15)16)13(17)18-14-5-9-2-10(6-14)4-11(3-9)7-14;1-3(2)4(5)6/h9-12,15-16H,1-7H2;1H2,2H3,(H,5,6). The maximum absolute atomic E-state index is 11.8. The third-order valence-electron chi connectivity index (χ3n) is 5.23. The van der Waals surface area contributed by atoms with Gasteiger partial charge in [-0.1, -0.05) is 13.2 Å². The van der Waals surface area contributed by atoms with Crippen LogP contribution in [0.15, 0.2) is 24.3 Å². The molecule has 4 fully saturated rings. The molecule has 134 valence electrons. The number of carbonyl (C=O) groups is 2. The summed E-state index contributed by atoms with van der Waals surface area (Å²) in [5.41, 5.74) is -0.426. The van der Waals surface area contributed by atoms with E-state index in [0.29, 0.717) is 17.8 Å². The summed E-state index contributed by atoms with van der Waals surface area (Å²) < 4.78 is 5.62. The highest BCUT2D eigenvalue weighted by atomic mass is 16.6. The van der Waals surface area contributed by atoms with Crippen LogP contribution in [0.1, 0.15) is 45.4 Å². The highest BCUT2D eigenvalue weighted by molar-refractivity contribution is 5.88. The minimum atomic E-state index is -1.81. The van der Waals surface area contributed by atoms with Crippen molar-refractivity contribution >= 4 is 11.9 Å². The molecule has 4 saturated carbocycles. The Bertz CT molecular complexity index is 500. The summed E-state index contributed by atoms with van der Waals surface area (Å²) in [5, 5.41) is 25.8. The van der Waals surface area contributed by atoms with Gasteiger partial charge in [-0.2, -0.15) is 0 Å². The van der Waals surface area contributed by atoms with Gasteiger partial charge in [0.15, 0.2) is 6.29 Å². The van der Waals surface area contributed by atoms with Crippen molar-refractivity contribution in [2.75, 3.05) is 0 Å². The van der Waals surface area contributed by atoms with Crippen molar-refractivity contribution in [1.29, 1.82) is 0 Å². The second-order valence-corrected chi connectivity index (χ2v) is 7.47. The zero-order valence-corrected chi connectivity index (χ0v) is 14.0. The highest BCUT2D eigenvalue weighted by Gasteiger charge is 2.53. The number of aliphatic hydroxyl groups is 2. The fourth-order valence-corrected chi connectivity index (χ4v) is 4.52. The summed E-state index contributed by atoms with van der Waals surface area (Å²) in [5.74, 6) is 0.492. The van der Waals surface area contributed by atoms with Gasteiger partial charge in [-0.3, -0.25) is 0 Å². The van der Waals surface area contributed by atoms with Crippen molar-refractivity contribution in [3.8, 4) is 0 Å². The molecule has 6 heteroatoms. The third kappa shape index (κ3) is 4.24. The third-order valence-corrected chi connectivity index (χ3v) is 5.23. The largest absolute Gasteiger partial charge is 0.478 e. The zero-order valence-electron chi connectivity index (χ0n) is 14.0. The molecule has 0 unspecified atom stereocenters. The summed E-state index contributed by atoms with van der Waals surface area (Å²) in [6, 6.07) is 0. The lowest BCUT2D eigenvalue weighted by Gasteiger charge is -2.55. The van der Waals surface area contributed by atoms with Crippen molar-refractivity contribution in [2.24, 2.45) is 17.8 Å². The Morgan fingerprint density at radius 3 is 1.71 bits per heavy atom. The number of aliphatic carboxylic acids is 1. The lowest BCUT2D eigenvalue weighted by atomic mass is 9.54. The normalized spacial score (nSPS) is 32.8. The first kappa shape index (κ1) is 18.7. The number of carboxylic acid groups (broad SMARTS) is 1. The predicted molar refractivity (Wildman–Crippen MR) is 86.8 cm³/mol. The molecule has 0 saturated heterocycles. The number of rotatable bonds is 4. The molecule has 0 heterocycles. The van der Waals surface area contributed by atoms with Crippen LogP contribution in [0.4, 0.5) is 0 Å². The molecule has 4 aliphatic carbocycles. The van der Waals surface area contributed by atoms with Crippen LogP contribution in [-0.2, 0) is 14.3 Å². The molecule has 0 amide bonds. The van der Waals surface area contributed by atoms with Gasteiger partial charge in [0.25, 0.3) is 0 Å². The highest BCUT2D eigenvalue weighted by Crippen LogP contribution is 2.57. The number of esters is 1. The van der Waals surface area contributed by atoms with E-state index >= 15 is 0 Å². The molecule has 6 nitrogen and oxygen atoms in total. The molecule has 0 spiro atoms. The van der Waals surface area contributed by atoms with Gasteiger partial charge in [0.2, 0.25) is 0 Å². The van der Waals surface area contributed by atoms with Crippen molar-refractivity contribution in [2.45, 2.75) is 57.3 Å². The fourth-order valence-electron chi connectivity index (χ4n) is 4.52. The average molecular weight is 338 g/mol. The van der Waals surface area contributed by atoms with Crippen molar-refractivity contribution in [3.05, 3.63) is 24.3 Å². The van der Waals surface area contributed by atoms with Crippen molar-refractivity contribution < 1.29 is 29.6 Å². The molecule has 0 atom stereocenters. The second-order valence-electron chi connectivity index (χ2n) is 7.47. The van der Waals surface area contributed by atoms with E-state index in [-0.39, 0.29) is 16.7 Å². The second kappa shape index (κ2) is 7.07. The molecule has 4 aliphatic rings. The number of hydrogen-bond acceptors (Lipinski definition) is 5. The fraction of sp³-hybridized carbons (Fsp3) is 0.667. The van der Waals surface area contributed by atoms with E-state index < -0.39 is 18.2 Å². The van der Waals surface area contributed by atoms with E-state index in [2.05, 4.69) is 13.2 Å². The van der Waals surface area contributed by atoms with Crippen LogP contribution >= 0.6 is 0 Å². The number of carbonyl (C=O) groups excluding carboxylic acids is 1. The molecule has 0 aromatic carbocycles. The summed E-state index contributed by atoms with van der Waals surface area (Å²) in [6.45, 7) is 7.98. The van der Waals surface area contributed by atoms with E-state index in [1.807, 2.05) is 0 Å². The van der Waals surface area contributed by atoms with Crippen LogP contribution in [-0.4, -0.2) is 39.1 Å². The number of carboxylic acids is 1. The van der Waals surface area contributed by atoms with Gasteiger partial charge in [-0.05, 0) is 63.2 Å². The van der Waals surface area contributed by atoms with Crippen LogP contribution in [0, 0.1) is 17.8 Å². The Morgan fingerprint density at radius 1 is 1.04 bits per heavy atom. The first-order valence-electron chi connectivity index (χ1n) is 8.29. The Kier molecular flexibility index (Phi) is 5.50. The van der Waals surface area contributed by atoms with Crippen LogP contribution in [0.25, 0.3) is 0 Å². The maximum atomic E-state index is 11.8. The first-order chi connectivity index (χ1) is 11.1. The number of ether oxygens (including phenoxy) is 1. The smallest absolute Gasteiger partial charge is 0.339 e. The summed E-state index contributed by atoms with van der Waals surface area (Å²) in [7, 11) is 0. The average Bonchev–Trinajstić information content (AvgIpc) is 2.44. The monoisotopic (exact) mass is 338 g/mol. The predicted octanol–water partition coefficient (Wildman–Crippen LogP) is 2.01. The molecule has 0 aromatic rings. The van der Waals surface area contributed by atoms with E-state index in [1.165, 1.54) is 26.2 Å². The van der Waals surface area contributed by atoms with Gasteiger partial charge in [0, 0.05) is 5.57 Å². The van der Waals surface area contributed by atoms with Crippen LogP contribution < -0.4 is 0 Å². The maximum Gasteiger partial charge on any atom is 0.339 e. The minimum absolute atomic E-state index is 0.176. The topological polar surface area (TPSA) is 104 Å². The van der Waals surface area contributed by atoms with Gasteiger partial charge in [0.05, 0.1) is 5.57 Å². The summed E-state index contributed by atoms with van der Waals surface area (Å²) in [4.78, 5) is 21.4. The lowest BCUT2D eigenvalue weighted by molar-refractivity contribution is -0.184. The molecule has 3 N–H and O–H groups in total. The number of hydrogen-bond donors (Lipinski definition) is 3. The quantitative estimate of drug-likeness (QED) is 0.411. The lowest BCUT2D eigenvalue weighted by Crippen LogP contribution is -2.53. The SMILES string of the molecule is C=C(C(=O)OC12CC3CC(CC(C3)C1)C2)C(O)O.C=C(C)C(=O)O. The van der Waals surface area contributed by atoms with Gasteiger partial charge in [-0.15, -0.1) is 0 Å². The molecule has 4 bridgehead atoms. The summed E-state index contributed by atoms with van der Waals surface area (Å²) >= 11 is 0. The van der Waals surface area contributed by atoms with Gasteiger partial charge in [0.1, 0.15) is 5.60 Å². The molecular formula is C18H26O6. The van der Waals surface area contributed by atoms with Crippen LogP contribution in [0.5, 0.6) is 0 Å². The molecule has 4 rings (SSSR count). The Hall–Kier alpha value is -1.66. The molecule has 0 aromatic heterocycles. The van der Waals surface area contributed by atoms with Crippen molar-refractivity contribution in [1.82, 2.24) is 0 Å². The zero-order chi connectivity index (χ0) is 18.1. The molecule has 0 radical (unpaired) electrons. The Morgan fingerprint density at radius 2 is 1.42 bits per heavy atom. The molecule has 24 heavy (non-hydrogen) atoms. The Balaban J connectivity index is 0.000000301. The summed E-state index contributed by atoms with van der Waals surface area (Å²) in [6.07, 6.45) is 4.85. The first-order valence-corrected chi connectivity index (χ1v) is 8.29. The van der Waals surface area contributed by atoms with E-state index in [0.717, 1.165) is 19.3 Å². The van der Waals surface area contributed by atoms with E-state index in [9.17, 15) is 9.59 Å². The van der Waals surface area contributed by atoms with E-state index in [1.54, 1.807) is 0 Å². The number of aliphatic hydroxyl groups excluding tert-OH is 1. The van der Waals surface area contributed by atoms with Crippen LogP contribution in [0.3, 0.4) is 0 Å². The van der Waals surface area contributed by atoms with E-state index in [4.69, 9.17) is 20.1 Å². The van der Waals surface area contributed by atoms with Gasteiger partial charge >= 0.3 is 11.9 Å². The Labute approximate surface area is 141 Å².